The Balaban J connectivity index is 2.61. The van der Waals surface area contributed by atoms with Crippen molar-refractivity contribution in [1.82, 2.24) is 9.80 Å². The van der Waals surface area contributed by atoms with Crippen LogP contribution in [0.4, 0.5) is 4.79 Å². The van der Waals surface area contributed by atoms with Gasteiger partial charge in [0.05, 0.1) is 6.42 Å². The lowest BCUT2D eigenvalue weighted by Gasteiger charge is -2.34. The first-order chi connectivity index (χ1) is 8.91. The maximum atomic E-state index is 12.4. The van der Waals surface area contributed by atoms with E-state index in [1.54, 1.807) is 7.05 Å². The number of carboxylic acid groups (broad SMARTS) is 1. The lowest BCUT2D eigenvalue weighted by molar-refractivity contribution is -0.137. The zero-order chi connectivity index (χ0) is 14.4. The number of hydrogen-bond acceptors (Lipinski definition) is 2. The van der Waals surface area contributed by atoms with Crippen LogP contribution in [0.5, 0.6) is 0 Å². The SMILES string of the molecule is CC(C)CN(C(=O)N(C)CCC(=O)O)C1CCCC1. The van der Waals surface area contributed by atoms with Crippen LogP contribution in [0.1, 0.15) is 46.0 Å². The van der Waals surface area contributed by atoms with Gasteiger partial charge in [0.15, 0.2) is 0 Å². The van der Waals surface area contributed by atoms with Crippen LogP contribution in [-0.2, 0) is 4.79 Å². The zero-order valence-corrected chi connectivity index (χ0v) is 12.3. The second-order valence-corrected chi connectivity index (χ2v) is 5.83. The summed E-state index contributed by atoms with van der Waals surface area (Å²) >= 11 is 0. The number of hydrogen-bond donors (Lipinski definition) is 1. The van der Waals surface area contributed by atoms with E-state index in [0.29, 0.717) is 12.0 Å². The van der Waals surface area contributed by atoms with Crippen LogP contribution < -0.4 is 0 Å². The van der Waals surface area contributed by atoms with Crippen LogP contribution in [0.15, 0.2) is 0 Å². The van der Waals surface area contributed by atoms with Crippen molar-refractivity contribution in [1.29, 1.82) is 0 Å². The van der Waals surface area contributed by atoms with Crippen molar-refractivity contribution in [3.8, 4) is 0 Å². The van der Waals surface area contributed by atoms with Crippen LogP contribution in [0.2, 0.25) is 0 Å². The van der Waals surface area contributed by atoms with E-state index < -0.39 is 5.97 Å². The number of amides is 2. The number of aliphatic carboxylic acids is 1. The van der Waals surface area contributed by atoms with E-state index in [1.165, 1.54) is 17.7 Å². The highest BCUT2D eigenvalue weighted by Crippen LogP contribution is 2.25. The number of nitrogens with zero attached hydrogens (tertiary/aromatic N) is 2. The maximum Gasteiger partial charge on any atom is 0.320 e. The van der Waals surface area contributed by atoms with Crippen LogP contribution in [0.25, 0.3) is 0 Å². The molecule has 0 aromatic rings. The summed E-state index contributed by atoms with van der Waals surface area (Å²) in [5.41, 5.74) is 0. The molecule has 0 aliphatic heterocycles. The summed E-state index contributed by atoms with van der Waals surface area (Å²) in [5, 5.41) is 8.69. The van der Waals surface area contributed by atoms with E-state index >= 15 is 0 Å². The Labute approximate surface area is 115 Å². The number of carboxylic acids is 1. The molecule has 0 aromatic carbocycles. The van der Waals surface area contributed by atoms with E-state index in [1.807, 2.05) is 4.90 Å². The molecule has 2 amide bonds. The standard InChI is InChI=1S/C14H26N2O3/c1-11(2)10-16(12-6-4-5-7-12)14(19)15(3)9-8-13(17)18/h11-12H,4-10H2,1-3H3,(H,17,18). The largest absolute Gasteiger partial charge is 0.481 e. The van der Waals surface area contributed by atoms with Crippen LogP contribution >= 0.6 is 0 Å². The molecule has 1 N–H and O–H groups in total. The molecule has 0 saturated heterocycles. The van der Waals surface area contributed by atoms with Crippen molar-refractivity contribution < 1.29 is 14.7 Å². The van der Waals surface area contributed by atoms with Gasteiger partial charge in [-0.05, 0) is 18.8 Å². The van der Waals surface area contributed by atoms with Crippen LogP contribution in [0, 0.1) is 5.92 Å². The third-order valence-electron chi connectivity index (χ3n) is 3.56. The molecule has 1 saturated carbocycles. The highest BCUT2D eigenvalue weighted by atomic mass is 16.4. The van der Waals surface area contributed by atoms with Gasteiger partial charge in [0.2, 0.25) is 0 Å². The first-order valence-electron chi connectivity index (χ1n) is 7.15. The number of urea groups is 1. The fraction of sp³-hybridized carbons (Fsp3) is 0.857. The fourth-order valence-electron chi connectivity index (χ4n) is 2.57. The molecule has 1 aliphatic rings. The lowest BCUT2D eigenvalue weighted by atomic mass is 10.1. The number of carbonyl (C=O) groups excluding carboxylic acids is 1. The van der Waals surface area contributed by atoms with Gasteiger partial charge in [-0.3, -0.25) is 4.79 Å². The highest BCUT2D eigenvalue weighted by molar-refractivity contribution is 5.75. The van der Waals surface area contributed by atoms with Crippen LogP contribution in [-0.4, -0.2) is 53.1 Å². The van der Waals surface area contributed by atoms with E-state index in [2.05, 4.69) is 13.8 Å². The Morgan fingerprint density at radius 1 is 1.26 bits per heavy atom. The normalized spacial score (nSPS) is 15.8. The first kappa shape index (κ1) is 15.8. The third kappa shape index (κ3) is 5.09. The molecule has 0 bridgehead atoms. The molecule has 0 aromatic heterocycles. The Kier molecular flexibility index (Phi) is 6.12. The van der Waals surface area contributed by atoms with Crippen molar-refractivity contribution in [2.45, 2.75) is 52.0 Å². The second-order valence-electron chi connectivity index (χ2n) is 5.83. The Morgan fingerprint density at radius 3 is 2.32 bits per heavy atom. The van der Waals surface area contributed by atoms with Crippen molar-refractivity contribution in [2.75, 3.05) is 20.1 Å². The molecule has 19 heavy (non-hydrogen) atoms. The molecular formula is C14H26N2O3. The summed E-state index contributed by atoms with van der Waals surface area (Å²) < 4.78 is 0. The quantitative estimate of drug-likeness (QED) is 0.806. The summed E-state index contributed by atoms with van der Waals surface area (Å²) in [7, 11) is 1.69. The smallest absolute Gasteiger partial charge is 0.320 e. The van der Waals surface area contributed by atoms with E-state index in [9.17, 15) is 9.59 Å². The minimum absolute atomic E-state index is 0.00241. The molecule has 1 fully saturated rings. The average molecular weight is 270 g/mol. The van der Waals surface area contributed by atoms with Gasteiger partial charge in [0.25, 0.3) is 0 Å². The Morgan fingerprint density at radius 2 is 1.84 bits per heavy atom. The van der Waals surface area contributed by atoms with Crippen molar-refractivity contribution in [2.24, 2.45) is 5.92 Å². The van der Waals surface area contributed by atoms with Gasteiger partial charge in [-0.25, -0.2) is 4.79 Å². The van der Waals surface area contributed by atoms with Crippen molar-refractivity contribution in [3.05, 3.63) is 0 Å². The fourth-order valence-corrected chi connectivity index (χ4v) is 2.57. The van der Waals surface area contributed by atoms with Gasteiger partial charge in [-0.2, -0.15) is 0 Å². The molecule has 0 radical (unpaired) electrons. The summed E-state index contributed by atoms with van der Waals surface area (Å²) in [4.78, 5) is 26.5. The van der Waals surface area contributed by atoms with Gasteiger partial charge < -0.3 is 14.9 Å². The monoisotopic (exact) mass is 270 g/mol. The van der Waals surface area contributed by atoms with E-state index in [4.69, 9.17) is 5.11 Å². The summed E-state index contributed by atoms with van der Waals surface area (Å²) in [5.74, 6) is -0.437. The van der Waals surface area contributed by atoms with Crippen molar-refractivity contribution >= 4 is 12.0 Å². The van der Waals surface area contributed by atoms with Gasteiger partial charge in [-0.15, -0.1) is 0 Å². The predicted molar refractivity (Wildman–Crippen MR) is 74.1 cm³/mol. The molecule has 5 nitrogen and oxygen atoms in total. The van der Waals surface area contributed by atoms with Crippen LogP contribution in [0.3, 0.4) is 0 Å². The summed E-state index contributed by atoms with van der Waals surface area (Å²) in [6.07, 6.45) is 4.52. The molecule has 110 valence electrons. The lowest BCUT2D eigenvalue weighted by Crippen LogP contribution is -2.48. The van der Waals surface area contributed by atoms with Gasteiger partial charge in [0.1, 0.15) is 0 Å². The zero-order valence-electron chi connectivity index (χ0n) is 12.3. The minimum Gasteiger partial charge on any atom is -0.481 e. The van der Waals surface area contributed by atoms with E-state index in [-0.39, 0.29) is 19.0 Å². The summed E-state index contributed by atoms with van der Waals surface area (Å²) in [6.45, 7) is 5.23. The van der Waals surface area contributed by atoms with Crippen molar-refractivity contribution in [3.63, 3.8) is 0 Å². The molecule has 1 rings (SSSR count). The Bertz CT molecular complexity index is 312. The molecule has 0 atom stereocenters. The van der Waals surface area contributed by atoms with E-state index in [0.717, 1.165) is 19.4 Å². The first-order valence-corrected chi connectivity index (χ1v) is 7.15. The molecule has 0 spiro atoms. The third-order valence-corrected chi connectivity index (χ3v) is 3.56. The summed E-state index contributed by atoms with van der Waals surface area (Å²) in [6, 6.07) is 0.309. The molecule has 5 heteroatoms. The molecule has 1 aliphatic carbocycles. The maximum absolute atomic E-state index is 12.4. The van der Waals surface area contributed by atoms with Gasteiger partial charge >= 0.3 is 12.0 Å². The Hall–Kier alpha value is -1.26. The topological polar surface area (TPSA) is 60.9 Å². The minimum atomic E-state index is -0.865. The number of carbonyl (C=O) groups is 2. The molecular weight excluding hydrogens is 244 g/mol. The van der Waals surface area contributed by atoms with Gasteiger partial charge in [-0.1, -0.05) is 26.7 Å². The number of rotatable bonds is 6. The molecule has 0 heterocycles. The average Bonchev–Trinajstić information content (AvgIpc) is 2.85. The van der Waals surface area contributed by atoms with Gasteiger partial charge in [0, 0.05) is 26.2 Å². The second kappa shape index (κ2) is 7.36. The molecule has 0 unspecified atom stereocenters. The highest BCUT2D eigenvalue weighted by Gasteiger charge is 2.29. The predicted octanol–water partition coefficient (Wildman–Crippen LogP) is 2.41.